The van der Waals surface area contributed by atoms with Crippen LogP contribution in [-0.2, 0) is 9.59 Å². The molecule has 0 radical (unpaired) electrons. The highest BCUT2D eigenvalue weighted by Gasteiger charge is 2.35. The van der Waals surface area contributed by atoms with Gasteiger partial charge in [0.05, 0.1) is 0 Å². The fourth-order valence-corrected chi connectivity index (χ4v) is 3.52. The zero-order valence-corrected chi connectivity index (χ0v) is 11.5. The fraction of sp³-hybridized carbons (Fsp3) is 0.857. The van der Waals surface area contributed by atoms with E-state index in [1.165, 1.54) is 0 Å². The van der Waals surface area contributed by atoms with E-state index in [9.17, 15) is 9.59 Å². The van der Waals surface area contributed by atoms with Crippen molar-refractivity contribution in [3.05, 3.63) is 0 Å². The minimum Gasteiger partial charge on any atom is -0.370 e. The molecule has 0 aromatic heterocycles. The number of primary amides is 1. The quantitative estimate of drug-likeness (QED) is 0.776. The van der Waals surface area contributed by atoms with Crippen molar-refractivity contribution in [2.75, 3.05) is 19.6 Å². The number of amides is 2. The third kappa shape index (κ3) is 3.47. The molecular formula is C14H25N3O2. The van der Waals surface area contributed by atoms with Gasteiger partial charge in [0.25, 0.3) is 0 Å². The summed E-state index contributed by atoms with van der Waals surface area (Å²) in [7, 11) is 0. The van der Waals surface area contributed by atoms with Crippen molar-refractivity contribution in [1.82, 2.24) is 4.90 Å². The molecule has 0 bridgehead atoms. The van der Waals surface area contributed by atoms with Crippen molar-refractivity contribution in [3.8, 4) is 0 Å². The molecule has 0 aromatic rings. The maximum Gasteiger partial charge on any atom is 0.226 e. The van der Waals surface area contributed by atoms with Gasteiger partial charge in [-0.05, 0) is 44.1 Å². The summed E-state index contributed by atoms with van der Waals surface area (Å²) in [5, 5.41) is 0. The van der Waals surface area contributed by atoms with Crippen molar-refractivity contribution in [1.29, 1.82) is 0 Å². The Morgan fingerprint density at radius 1 is 1.11 bits per heavy atom. The average molecular weight is 267 g/mol. The molecule has 19 heavy (non-hydrogen) atoms. The number of nitrogens with two attached hydrogens (primary N) is 2. The van der Waals surface area contributed by atoms with Crippen LogP contribution in [0, 0.1) is 17.8 Å². The lowest BCUT2D eigenvalue weighted by atomic mass is 9.90. The first-order chi connectivity index (χ1) is 9.11. The maximum absolute atomic E-state index is 12.5. The molecule has 1 aliphatic carbocycles. The number of hydrogen-bond donors (Lipinski definition) is 2. The molecule has 5 heteroatoms. The van der Waals surface area contributed by atoms with E-state index in [-0.39, 0.29) is 17.7 Å². The molecule has 1 saturated carbocycles. The molecule has 0 aromatic carbocycles. The first kappa shape index (κ1) is 14.3. The second-order valence-corrected chi connectivity index (χ2v) is 5.97. The van der Waals surface area contributed by atoms with Crippen LogP contribution in [0.3, 0.4) is 0 Å². The zero-order chi connectivity index (χ0) is 13.8. The molecule has 0 unspecified atom stereocenters. The lowest BCUT2D eigenvalue weighted by Crippen LogP contribution is -2.43. The number of rotatable bonds is 4. The molecule has 1 heterocycles. The van der Waals surface area contributed by atoms with Gasteiger partial charge in [-0.25, -0.2) is 0 Å². The molecular weight excluding hydrogens is 242 g/mol. The van der Waals surface area contributed by atoms with Crippen LogP contribution < -0.4 is 11.5 Å². The standard InChI is InChI=1S/C14H25N3O2/c15-9-11-2-1-3-12(11)14(19)17-6-4-10(5-7-17)8-13(16)18/h10-12H,1-9,15H2,(H2,16,18)/t11-,12-/m1/s1. The number of carbonyl (C=O) groups is 2. The number of hydrogen-bond acceptors (Lipinski definition) is 3. The predicted molar refractivity (Wildman–Crippen MR) is 73.0 cm³/mol. The second kappa shape index (κ2) is 6.37. The topological polar surface area (TPSA) is 89.4 Å². The molecule has 2 atom stereocenters. The molecule has 2 fully saturated rings. The van der Waals surface area contributed by atoms with Gasteiger partial charge < -0.3 is 16.4 Å². The molecule has 4 N–H and O–H groups in total. The molecule has 2 amide bonds. The lowest BCUT2D eigenvalue weighted by Gasteiger charge is -2.34. The molecule has 108 valence electrons. The van der Waals surface area contributed by atoms with E-state index in [4.69, 9.17) is 11.5 Å². The van der Waals surface area contributed by atoms with E-state index in [1.54, 1.807) is 0 Å². The van der Waals surface area contributed by atoms with Crippen molar-refractivity contribution < 1.29 is 9.59 Å². The zero-order valence-electron chi connectivity index (χ0n) is 11.5. The van der Waals surface area contributed by atoms with Crippen molar-refractivity contribution >= 4 is 11.8 Å². The Morgan fingerprint density at radius 2 is 1.79 bits per heavy atom. The van der Waals surface area contributed by atoms with E-state index < -0.39 is 0 Å². The molecule has 2 rings (SSSR count). The van der Waals surface area contributed by atoms with Gasteiger partial charge in [-0.2, -0.15) is 0 Å². The number of nitrogens with zero attached hydrogens (tertiary/aromatic N) is 1. The van der Waals surface area contributed by atoms with Crippen molar-refractivity contribution in [2.45, 2.75) is 38.5 Å². The van der Waals surface area contributed by atoms with E-state index in [0.717, 1.165) is 45.2 Å². The molecule has 5 nitrogen and oxygen atoms in total. The van der Waals surface area contributed by atoms with Crippen molar-refractivity contribution in [2.24, 2.45) is 29.2 Å². The third-order valence-electron chi connectivity index (χ3n) is 4.70. The Bertz CT molecular complexity index is 338. The Labute approximate surface area is 114 Å². The van der Waals surface area contributed by atoms with E-state index in [2.05, 4.69) is 0 Å². The number of piperidine rings is 1. The first-order valence-electron chi connectivity index (χ1n) is 7.39. The largest absolute Gasteiger partial charge is 0.370 e. The van der Waals surface area contributed by atoms with Crippen LogP contribution in [0.5, 0.6) is 0 Å². The summed E-state index contributed by atoms with van der Waals surface area (Å²) < 4.78 is 0. The highest BCUT2D eigenvalue weighted by molar-refractivity contribution is 5.79. The van der Waals surface area contributed by atoms with Gasteiger partial charge in [0.15, 0.2) is 0 Å². The Kier molecular flexibility index (Phi) is 4.80. The summed E-state index contributed by atoms with van der Waals surface area (Å²) in [6, 6.07) is 0. The maximum atomic E-state index is 12.5. The van der Waals surface area contributed by atoms with Crippen LogP contribution in [0.2, 0.25) is 0 Å². The Hall–Kier alpha value is -1.10. The monoisotopic (exact) mass is 267 g/mol. The Balaban J connectivity index is 1.83. The molecule has 1 aliphatic heterocycles. The Morgan fingerprint density at radius 3 is 2.37 bits per heavy atom. The summed E-state index contributed by atoms with van der Waals surface area (Å²) in [4.78, 5) is 25.3. The van der Waals surface area contributed by atoms with Crippen LogP contribution >= 0.6 is 0 Å². The van der Waals surface area contributed by atoms with Gasteiger partial charge in [-0.15, -0.1) is 0 Å². The number of carbonyl (C=O) groups excluding carboxylic acids is 2. The normalized spacial score (nSPS) is 28.6. The fourth-order valence-electron chi connectivity index (χ4n) is 3.52. The van der Waals surface area contributed by atoms with Crippen LogP contribution in [0.25, 0.3) is 0 Å². The summed E-state index contributed by atoms with van der Waals surface area (Å²) in [5.41, 5.74) is 11.0. The lowest BCUT2D eigenvalue weighted by molar-refractivity contribution is -0.138. The van der Waals surface area contributed by atoms with E-state index in [0.29, 0.717) is 24.8 Å². The summed E-state index contributed by atoms with van der Waals surface area (Å²) >= 11 is 0. The van der Waals surface area contributed by atoms with Crippen LogP contribution in [0.4, 0.5) is 0 Å². The smallest absolute Gasteiger partial charge is 0.226 e. The molecule has 1 saturated heterocycles. The van der Waals surface area contributed by atoms with Gasteiger partial charge in [0.1, 0.15) is 0 Å². The first-order valence-corrected chi connectivity index (χ1v) is 7.39. The summed E-state index contributed by atoms with van der Waals surface area (Å²) in [5.74, 6) is 0.915. The SMILES string of the molecule is NC[C@H]1CCC[C@H]1C(=O)N1CCC(CC(N)=O)CC1. The van der Waals surface area contributed by atoms with Gasteiger partial charge in [-0.1, -0.05) is 6.42 Å². The molecule has 2 aliphatic rings. The van der Waals surface area contributed by atoms with Crippen LogP contribution in [0.15, 0.2) is 0 Å². The van der Waals surface area contributed by atoms with Gasteiger partial charge in [0, 0.05) is 25.4 Å². The van der Waals surface area contributed by atoms with E-state index in [1.807, 2.05) is 4.90 Å². The third-order valence-corrected chi connectivity index (χ3v) is 4.70. The summed E-state index contributed by atoms with van der Waals surface area (Å²) in [6.07, 6.45) is 5.45. The summed E-state index contributed by atoms with van der Waals surface area (Å²) in [6.45, 7) is 2.16. The minimum absolute atomic E-state index is 0.137. The highest BCUT2D eigenvalue weighted by atomic mass is 16.2. The van der Waals surface area contributed by atoms with Crippen LogP contribution in [0.1, 0.15) is 38.5 Å². The van der Waals surface area contributed by atoms with Gasteiger partial charge in [0.2, 0.25) is 11.8 Å². The second-order valence-electron chi connectivity index (χ2n) is 5.97. The minimum atomic E-state index is -0.233. The van der Waals surface area contributed by atoms with Gasteiger partial charge in [-0.3, -0.25) is 9.59 Å². The van der Waals surface area contributed by atoms with Crippen molar-refractivity contribution in [3.63, 3.8) is 0 Å². The predicted octanol–water partition coefficient (Wildman–Crippen LogP) is 0.475. The molecule has 0 spiro atoms. The van der Waals surface area contributed by atoms with Gasteiger partial charge >= 0.3 is 0 Å². The van der Waals surface area contributed by atoms with Crippen LogP contribution in [-0.4, -0.2) is 36.3 Å². The highest BCUT2D eigenvalue weighted by Crippen LogP contribution is 2.33. The number of likely N-dealkylation sites (tertiary alicyclic amines) is 1. The van der Waals surface area contributed by atoms with E-state index >= 15 is 0 Å². The average Bonchev–Trinajstić information content (AvgIpc) is 2.86.